The summed E-state index contributed by atoms with van der Waals surface area (Å²) in [5.41, 5.74) is 0.926. The average Bonchev–Trinajstić information content (AvgIpc) is 3.16. The zero-order valence-electron chi connectivity index (χ0n) is 11.2. The summed E-state index contributed by atoms with van der Waals surface area (Å²) in [7, 11) is 0. The standard InChI is InChI=1S/C12H12N6S3/c1-2-8-19-11-14-15-12(21-11)20-10-13-16-17-18(10)9-6-4-3-5-7-9/h3-7H,2,8H2,1H3. The van der Waals surface area contributed by atoms with E-state index >= 15 is 0 Å². The van der Waals surface area contributed by atoms with Crippen molar-refractivity contribution in [2.75, 3.05) is 5.75 Å². The third kappa shape index (κ3) is 3.60. The number of nitrogens with zero attached hydrogens (tertiary/aromatic N) is 6. The molecule has 9 heteroatoms. The van der Waals surface area contributed by atoms with E-state index in [1.165, 1.54) is 11.8 Å². The Kier molecular flexibility index (Phi) is 4.84. The molecule has 3 aromatic rings. The van der Waals surface area contributed by atoms with Crippen LogP contribution in [0.4, 0.5) is 0 Å². The van der Waals surface area contributed by atoms with E-state index in [0.29, 0.717) is 5.16 Å². The Morgan fingerprint density at radius 3 is 2.71 bits per heavy atom. The third-order valence-corrected chi connectivity index (χ3v) is 5.69. The van der Waals surface area contributed by atoms with Crippen LogP contribution in [-0.2, 0) is 0 Å². The molecule has 2 aromatic heterocycles. The molecule has 0 N–H and O–H groups in total. The van der Waals surface area contributed by atoms with Crippen molar-refractivity contribution in [3.05, 3.63) is 30.3 Å². The lowest BCUT2D eigenvalue weighted by molar-refractivity contribution is 0.756. The number of hydrogen-bond acceptors (Lipinski definition) is 8. The Bertz CT molecular complexity index is 696. The van der Waals surface area contributed by atoms with Gasteiger partial charge in [-0.1, -0.05) is 48.2 Å². The lowest BCUT2D eigenvalue weighted by atomic mass is 10.3. The van der Waals surface area contributed by atoms with Crippen LogP contribution in [0.2, 0.25) is 0 Å². The normalized spacial score (nSPS) is 10.9. The maximum Gasteiger partial charge on any atom is 0.221 e. The molecule has 0 fully saturated rings. The van der Waals surface area contributed by atoms with Gasteiger partial charge in [-0.3, -0.25) is 0 Å². The fourth-order valence-electron chi connectivity index (χ4n) is 1.54. The Hall–Kier alpha value is -1.45. The van der Waals surface area contributed by atoms with E-state index < -0.39 is 0 Å². The second-order valence-electron chi connectivity index (χ2n) is 3.99. The molecule has 0 aliphatic heterocycles. The van der Waals surface area contributed by atoms with E-state index in [1.54, 1.807) is 27.8 Å². The van der Waals surface area contributed by atoms with E-state index in [1.807, 2.05) is 30.3 Å². The van der Waals surface area contributed by atoms with Crippen molar-refractivity contribution in [1.82, 2.24) is 30.4 Å². The topological polar surface area (TPSA) is 69.4 Å². The number of thioether (sulfide) groups is 1. The van der Waals surface area contributed by atoms with Crippen molar-refractivity contribution in [3.8, 4) is 5.69 Å². The predicted octanol–water partition coefficient (Wildman–Crippen LogP) is 3.17. The summed E-state index contributed by atoms with van der Waals surface area (Å²) in [4.78, 5) is 0. The van der Waals surface area contributed by atoms with E-state index in [9.17, 15) is 0 Å². The fourth-order valence-corrected chi connectivity index (χ4v) is 4.38. The van der Waals surface area contributed by atoms with Gasteiger partial charge in [0.15, 0.2) is 8.68 Å². The molecular weight excluding hydrogens is 324 g/mol. The molecule has 0 saturated carbocycles. The highest BCUT2D eigenvalue weighted by Gasteiger charge is 2.13. The number of hydrogen-bond donors (Lipinski definition) is 0. The van der Waals surface area contributed by atoms with Gasteiger partial charge in [0.2, 0.25) is 5.16 Å². The first-order valence-electron chi connectivity index (χ1n) is 6.35. The molecule has 0 aliphatic carbocycles. The van der Waals surface area contributed by atoms with Crippen LogP contribution in [0, 0.1) is 0 Å². The van der Waals surface area contributed by atoms with Crippen molar-refractivity contribution in [2.24, 2.45) is 0 Å². The maximum absolute atomic E-state index is 4.18. The van der Waals surface area contributed by atoms with Gasteiger partial charge >= 0.3 is 0 Å². The van der Waals surface area contributed by atoms with Crippen LogP contribution >= 0.6 is 34.9 Å². The summed E-state index contributed by atoms with van der Waals surface area (Å²) in [6.07, 6.45) is 1.12. The molecule has 0 aliphatic rings. The Morgan fingerprint density at radius 2 is 1.90 bits per heavy atom. The number of tetrazole rings is 1. The van der Waals surface area contributed by atoms with Crippen molar-refractivity contribution < 1.29 is 0 Å². The van der Waals surface area contributed by atoms with E-state index in [4.69, 9.17) is 0 Å². The SMILES string of the molecule is CCCSc1nnc(Sc2nnnn2-c2ccccc2)s1. The molecule has 0 unspecified atom stereocenters. The molecule has 0 amide bonds. The summed E-state index contributed by atoms with van der Waals surface area (Å²) in [6.45, 7) is 2.15. The van der Waals surface area contributed by atoms with Gasteiger partial charge in [0.1, 0.15) is 0 Å². The monoisotopic (exact) mass is 336 g/mol. The Balaban J connectivity index is 1.77. The average molecular weight is 336 g/mol. The van der Waals surface area contributed by atoms with Gasteiger partial charge in [0, 0.05) is 5.75 Å². The van der Waals surface area contributed by atoms with Gasteiger partial charge in [-0.15, -0.1) is 15.3 Å². The molecule has 0 saturated heterocycles. The summed E-state index contributed by atoms with van der Waals surface area (Å²) < 4.78 is 3.53. The summed E-state index contributed by atoms with van der Waals surface area (Å²) in [5, 5.41) is 20.9. The largest absolute Gasteiger partial charge is 0.221 e. The molecule has 0 atom stereocenters. The molecule has 1 aromatic carbocycles. The molecular formula is C12H12N6S3. The Morgan fingerprint density at radius 1 is 1.10 bits per heavy atom. The minimum absolute atomic E-state index is 0.685. The van der Waals surface area contributed by atoms with Crippen LogP contribution in [0.25, 0.3) is 5.69 Å². The van der Waals surface area contributed by atoms with E-state index in [2.05, 4.69) is 32.6 Å². The van der Waals surface area contributed by atoms with Crippen molar-refractivity contribution in [3.63, 3.8) is 0 Å². The van der Waals surface area contributed by atoms with Gasteiger partial charge in [-0.05, 0) is 40.7 Å². The van der Waals surface area contributed by atoms with Crippen LogP contribution in [0.15, 0.2) is 44.2 Å². The summed E-state index contributed by atoms with van der Waals surface area (Å²) >= 11 is 4.73. The van der Waals surface area contributed by atoms with Crippen LogP contribution < -0.4 is 0 Å². The second kappa shape index (κ2) is 7.01. The van der Waals surface area contributed by atoms with Gasteiger partial charge in [-0.2, -0.15) is 4.68 Å². The molecule has 2 heterocycles. The van der Waals surface area contributed by atoms with Gasteiger partial charge in [-0.25, -0.2) is 0 Å². The van der Waals surface area contributed by atoms with Crippen LogP contribution in [0.5, 0.6) is 0 Å². The molecule has 6 nitrogen and oxygen atoms in total. The van der Waals surface area contributed by atoms with Crippen LogP contribution in [0.1, 0.15) is 13.3 Å². The molecule has 108 valence electrons. The molecule has 0 bridgehead atoms. The zero-order valence-corrected chi connectivity index (χ0v) is 13.7. The smallest absolute Gasteiger partial charge is 0.187 e. The molecule has 0 spiro atoms. The summed E-state index contributed by atoms with van der Waals surface area (Å²) in [5.74, 6) is 1.06. The minimum Gasteiger partial charge on any atom is -0.187 e. The number of para-hydroxylation sites is 1. The van der Waals surface area contributed by atoms with Crippen molar-refractivity contribution >= 4 is 34.9 Å². The van der Waals surface area contributed by atoms with Crippen LogP contribution in [-0.4, -0.2) is 36.2 Å². The molecule has 3 rings (SSSR count). The van der Waals surface area contributed by atoms with Crippen molar-refractivity contribution in [1.29, 1.82) is 0 Å². The number of benzene rings is 1. The maximum atomic E-state index is 4.18. The van der Waals surface area contributed by atoms with Crippen molar-refractivity contribution in [2.45, 2.75) is 27.2 Å². The zero-order chi connectivity index (χ0) is 14.5. The first-order valence-corrected chi connectivity index (χ1v) is 8.96. The fraction of sp³-hybridized carbons (Fsp3) is 0.250. The third-order valence-electron chi connectivity index (χ3n) is 2.44. The lowest BCUT2D eigenvalue weighted by Gasteiger charge is -2.01. The van der Waals surface area contributed by atoms with Gasteiger partial charge in [0.05, 0.1) is 5.69 Å². The highest BCUT2D eigenvalue weighted by molar-refractivity contribution is 8.03. The predicted molar refractivity (Wildman–Crippen MR) is 84.2 cm³/mol. The van der Waals surface area contributed by atoms with E-state index in [-0.39, 0.29) is 0 Å². The van der Waals surface area contributed by atoms with Gasteiger partial charge < -0.3 is 0 Å². The minimum atomic E-state index is 0.685. The summed E-state index contributed by atoms with van der Waals surface area (Å²) in [6, 6.07) is 9.79. The Labute approximate surface area is 134 Å². The first kappa shape index (κ1) is 14.5. The second-order valence-corrected chi connectivity index (χ2v) is 7.53. The number of rotatable bonds is 6. The van der Waals surface area contributed by atoms with Crippen LogP contribution in [0.3, 0.4) is 0 Å². The molecule has 0 radical (unpaired) electrons. The quantitative estimate of drug-likeness (QED) is 0.640. The molecule has 21 heavy (non-hydrogen) atoms. The van der Waals surface area contributed by atoms with E-state index in [0.717, 1.165) is 26.5 Å². The van der Waals surface area contributed by atoms with Gasteiger partial charge in [0.25, 0.3) is 0 Å². The number of aromatic nitrogens is 6. The highest BCUT2D eigenvalue weighted by atomic mass is 32.2. The highest BCUT2D eigenvalue weighted by Crippen LogP contribution is 2.33. The first-order chi connectivity index (χ1) is 10.4. The lowest BCUT2D eigenvalue weighted by Crippen LogP contribution is -1.98.